The van der Waals surface area contributed by atoms with Crippen molar-refractivity contribution in [2.24, 2.45) is 0 Å². The van der Waals surface area contributed by atoms with Crippen molar-refractivity contribution in [2.45, 2.75) is 6.42 Å². The number of nitrogens with zero attached hydrogens (tertiary/aromatic N) is 2. The van der Waals surface area contributed by atoms with Crippen LogP contribution in [0.3, 0.4) is 0 Å². The molecule has 0 bridgehead atoms. The minimum atomic E-state index is -0.446. The van der Waals surface area contributed by atoms with E-state index in [4.69, 9.17) is 23.2 Å². The van der Waals surface area contributed by atoms with Gasteiger partial charge in [0.15, 0.2) is 0 Å². The van der Waals surface area contributed by atoms with Crippen LogP contribution in [0.1, 0.15) is 26.3 Å². The largest absolute Gasteiger partial charge is 0.292 e. The van der Waals surface area contributed by atoms with Crippen molar-refractivity contribution in [1.29, 1.82) is 0 Å². The van der Waals surface area contributed by atoms with Gasteiger partial charge in [-0.25, -0.2) is 0 Å². The number of anilines is 1. The van der Waals surface area contributed by atoms with Crippen LogP contribution in [0.5, 0.6) is 0 Å². The summed E-state index contributed by atoms with van der Waals surface area (Å²) in [5.41, 5.74) is 1.82. The quantitative estimate of drug-likeness (QED) is 0.536. The number of amides is 3. The van der Waals surface area contributed by atoms with E-state index in [0.29, 0.717) is 21.8 Å². The second-order valence-electron chi connectivity index (χ2n) is 6.81. The molecule has 3 aromatic rings. The lowest BCUT2D eigenvalue weighted by atomic mass is 10.1. The third-order valence-electron chi connectivity index (χ3n) is 4.86. The molecule has 0 aliphatic carbocycles. The number of rotatable bonds is 5. The van der Waals surface area contributed by atoms with Gasteiger partial charge in [0, 0.05) is 5.02 Å². The van der Waals surface area contributed by atoms with Crippen LogP contribution in [0.25, 0.3) is 0 Å². The van der Waals surface area contributed by atoms with Crippen LogP contribution in [0.15, 0.2) is 72.8 Å². The lowest BCUT2D eigenvalue weighted by Crippen LogP contribution is -2.45. The van der Waals surface area contributed by atoms with Gasteiger partial charge in [-0.15, -0.1) is 0 Å². The van der Waals surface area contributed by atoms with E-state index in [1.165, 1.54) is 11.0 Å². The number of carbonyl (C=O) groups excluding carboxylic acids is 3. The van der Waals surface area contributed by atoms with Gasteiger partial charge in [-0.3, -0.25) is 24.2 Å². The van der Waals surface area contributed by atoms with Crippen LogP contribution in [0.4, 0.5) is 5.69 Å². The Morgan fingerprint density at radius 1 is 0.833 bits per heavy atom. The molecule has 0 radical (unpaired) electrons. The van der Waals surface area contributed by atoms with E-state index in [-0.39, 0.29) is 24.0 Å². The molecule has 30 heavy (non-hydrogen) atoms. The van der Waals surface area contributed by atoms with Gasteiger partial charge in [0.25, 0.3) is 11.8 Å². The standard InChI is InChI=1S/C23H16Cl2N2O3/c24-16-10-11-20(19(25)13-16)26(21(28)12-15-6-2-1-3-7-15)14-27-22(29)17-8-4-5-9-18(17)23(27)30/h1-11,13H,12,14H2. The molecular weight excluding hydrogens is 423 g/mol. The predicted molar refractivity (Wildman–Crippen MR) is 116 cm³/mol. The molecule has 0 saturated heterocycles. The number of hydrogen-bond donors (Lipinski definition) is 0. The van der Waals surface area contributed by atoms with Crippen molar-refractivity contribution in [3.8, 4) is 0 Å². The Balaban J connectivity index is 1.68. The average Bonchev–Trinajstić information content (AvgIpc) is 2.98. The molecule has 7 heteroatoms. The van der Waals surface area contributed by atoms with E-state index in [9.17, 15) is 14.4 Å². The number of hydrogen-bond acceptors (Lipinski definition) is 3. The van der Waals surface area contributed by atoms with E-state index in [1.807, 2.05) is 30.3 Å². The molecule has 1 heterocycles. The van der Waals surface area contributed by atoms with Crippen molar-refractivity contribution >= 4 is 46.6 Å². The summed E-state index contributed by atoms with van der Waals surface area (Å²) in [6, 6.07) is 20.5. The molecule has 5 nitrogen and oxygen atoms in total. The van der Waals surface area contributed by atoms with Gasteiger partial charge < -0.3 is 0 Å². The topological polar surface area (TPSA) is 57.7 Å². The predicted octanol–water partition coefficient (Wildman–Crippen LogP) is 4.82. The third kappa shape index (κ3) is 3.82. The van der Waals surface area contributed by atoms with Crippen LogP contribution < -0.4 is 4.90 Å². The minimum absolute atomic E-state index is 0.0863. The molecule has 3 amide bonds. The molecule has 0 N–H and O–H groups in total. The molecule has 0 aromatic heterocycles. The highest BCUT2D eigenvalue weighted by atomic mass is 35.5. The van der Waals surface area contributed by atoms with Gasteiger partial charge >= 0.3 is 0 Å². The first-order valence-electron chi connectivity index (χ1n) is 9.20. The highest BCUT2D eigenvalue weighted by molar-refractivity contribution is 6.36. The Morgan fingerprint density at radius 2 is 1.43 bits per heavy atom. The second kappa shape index (κ2) is 8.30. The Bertz CT molecular complexity index is 1110. The Morgan fingerprint density at radius 3 is 2.03 bits per heavy atom. The first kappa shape index (κ1) is 20.1. The fourth-order valence-corrected chi connectivity index (χ4v) is 3.87. The smallest absolute Gasteiger partial charge is 0.263 e. The fourth-order valence-electron chi connectivity index (χ4n) is 3.36. The highest BCUT2D eigenvalue weighted by Gasteiger charge is 2.37. The molecule has 4 rings (SSSR count). The van der Waals surface area contributed by atoms with Crippen molar-refractivity contribution in [1.82, 2.24) is 4.90 Å². The average molecular weight is 439 g/mol. The minimum Gasteiger partial charge on any atom is -0.292 e. The monoisotopic (exact) mass is 438 g/mol. The van der Waals surface area contributed by atoms with E-state index in [0.717, 1.165) is 10.5 Å². The van der Waals surface area contributed by atoms with Gasteiger partial charge in [-0.1, -0.05) is 65.7 Å². The Hall–Kier alpha value is -3.15. The van der Waals surface area contributed by atoms with Crippen LogP contribution in [-0.4, -0.2) is 29.3 Å². The molecule has 150 valence electrons. The third-order valence-corrected chi connectivity index (χ3v) is 5.40. The molecule has 0 spiro atoms. The number of imide groups is 1. The molecule has 0 atom stereocenters. The van der Waals surface area contributed by atoms with Gasteiger partial charge in [0.1, 0.15) is 6.67 Å². The molecule has 3 aromatic carbocycles. The van der Waals surface area contributed by atoms with Gasteiger partial charge in [0.05, 0.1) is 28.3 Å². The summed E-state index contributed by atoms with van der Waals surface area (Å²) in [5.74, 6) is -1.20. The molecule has 0 saturated carbocycles. The van der Waals surface area contributed by atoms with Gasteiger partial charge in [-0.05, 0) is 35.9 Å². The van der Waals surface area contributed by atoms with Crippen molar-refractivity contribution in [3.63, 3.8) is 0 Å². The zero-order chi connectivity index (χ0) is 21.3. The normalized spacial score (nSPS) is 12.8. The first-order chi connectivity index (χ1) is 14.5. The summed E-state index contributed by atoms with van der Waals surface area (Å²) in [5, 5.41) is 0.667. The van der Waals surface area contributed by atoms with Crippen molar-refractivity contribution in [2.75, 3.05) is 11.6 Å². The SMILES string of the molecule is O=C1c2ccccc2C(=O)N1CN(C(=O)Cc1ccccc1)c1ccc(Cl)cc1Cl. The van der Waals surface area contributed by atoms with Crippen molar-refractivity contribution < 1.29 is 14.4 Å². The summed E-state index contributed by atoms with van der Waals surface area (Å²) in [7, 11) is 0. The van der Waals surface area contributed by atoms with Crippen LogP contribution in [0, 0.1) is 0 Å². The lowest BCUT2D eigenvalue weighted by molar-refractivity contribution is -0.118. The lowest BCUT2D eigenvalue weighted by Gasteiger charge is -2.28. The van der Waals surface area contributed by atoms with Crippen LogP contribution >= 0.6 is 23.2 Å². The summed E-state index contributed by atoms with van der Waals surface area (Å²) in [6.07, 6.45) is 0.0863. The van der Waals surface area contributed by atoms with E-state index < -0.39 is 11.8 Å². The molecule has 1 aliphatic rings. The maximum atomic E-state index is 13.2. The number of benzene rings is 3. The van der Waals surface area contributed by atoms with Crippen LogP contribution in [-0.2, 0) is 11.2 Å². The summed E-state index contributed by atoms with van der Waals surface area (Å²) < 4.78 is 0. The molecule has 1 aliphatic heterocycles. The second-order valence-corrected chi connectivity index (χ2v) is 7.65. The summed E-state index contributed by atoms with van der Waals surface area (Å²) in [6.45, 7) is -0.251. The van der Waals surface area contributed by atoms with E-state index >= 15 is 0 Å². The number of halogens is 2. The number of carbonyl (C=O) groups is 3. The van der Waals surface area contributed by atoms with E-state index in [1.54, 1.807) is 36.4 Å². The molecule has 0 fully saturated rings. The van der Waals surface area contributed by atoms with Crippen molar-refractivity contribution in [3.05, 3.63) is 99.5 Å². The maximum absolute atomic E-state index is 13.2. The maximum Gasteiger partial charge on any atom is 0.263 e. The summed E-state index contributed by atoms with van der Waals surface area (Å²) in [4.78, 5) is 41.2. The Labute approximate surface area is 183 Å². The highest BCUT2D eigenvalue weighted by Crippen LogP contribution is 2.31. The van der Waals surface area contributed by atoms with Crippen LogP contribution in [0.2, 0.25) is 10.0 Å². The van der Waals surface area contributed by atoms with E-state index in [2.05, 4.69) is 0 Å². The fraction of sp³-hybridized carbons (Fsp3) is 0.0870. The molecular formula is C23H16Cl2N2O3. The van der Waals surface area contributed by atoms with Gasteiger partial charge in [0.2, 0.25) is 5.91 Å². The summed E-state index contributed by atoms with van der Waals surface area (Å²) >= 11 is 12.4. The molecule has 0 unspecified atom stereocenters. The zero-order valence-corrected chi connectivity index (χ0v) is 17.2. The first-order valence-corrected chi connectivity index (χ1v) is 9.96. The van der Waals surface area contributed by atoms with Gasteiger partial charge in [-0.2, -0.15) is 0 Å². The Kier molecular flexibility index (Phi) is 5.57. The number of fused-ring (bicyclic) bond motifs is 1. The zero-order valence-electron chi connectivity index (χ0n) is 15.7.